The van der Waals surface area contributed by atoms with Crippen molar-refractivity contribution in [3.8, 4) is 0 Å². The van der Waals surface area contributed by atoms with E-state index in [1.807, 2.05) is 0 Å². The summed E-state index contributed by atoms with van der Waals surface area (Å²) in [6, 6.07) is 0. The topological polar surface area (TPSA) is 46.5 Å². The van der Waals surface area contributed by atoms with Crippen molar-refractivity contribution in [3.05, 3.63) is 0 Å². The first-order valence-corrected chi connectivity index (χ1v) is 3.17. The molecule has 0 rings (SSSR count). The van der Waals surface area contributed by atoms with E-state index in [0.717, 1.165) is 0 Å². The molecule has 0 aliphatic heterocycles. The minimum absolute atomic E-state index is 0.0525. The van der Waals surface area contributed by atoms with Gasteiger partial charge in [-0.1, -0.05) is 0 Å². The van der Waals surface area contributed by atoms with Gasteiger partial charge in [0.1, 0.15) is 6.61 Å². The van der Waals surface area contributed by atoms with E-state index in [0.29, 0.717) is 5.88 Å². The number of rotatable bonds is 4. The number of alkyl halides is 1. The molecule has 0 atom stereocenters. The molecule has 0 radical (unpaired) electrons. The monoisotopic (exact) mass is 152 g/mol. The number of ether oxygens (including phenoxy) is 1. The van der Waals surface area contributed by atoms with Gasteiger partial charge in [0.2, 0.25) is 0 Å². The third kappa shape index (κ3) is 5.59. The molecule has 9 heavy (non-hydrogen) atoms. The first-order valence-electron chi connectivity index (χ1n) is 2.63. The van der Waals surface area contributed by atoms with E-state index in [1.54, 1.807) is 0 Å². The van der Waals surface area contributed by atoms with Gasteiger partial charge < -0.3 is 9.84 Å². The Labute approximate surface area is 58.6 Å². The van der Waals surface area contributed by atoms with Crippen LogP contribution in [-0.4, -0.2) is 30.2 Å². The summed E-state index contributed by atoms with van der Waals surface area (Å²) < 4.78 is 4.50. The van der Waals surface area contributed by atoms with Crippen molar-refractivity contribution in [2.75, 3.05) is 19.1 Å². The van der Waals surface area contributed by atoms with Crippen molar-refractivity contribution in [2.24, 2.45) is 0 Å². The Bertz CT molecular complexity index is 84.3. The zero-order valence-corrected chi connectivity index (χ0v) is 5.73. The Balaban J connectivity index is 3.06. The van der Waals surface area contributed by atoms with Crippen molar-refractivity contribution in [1.29, 1.82) is 0 Å². The highest BCUT2D eigenvalue weighted by Crippen LogP contribution is 1.85. The first-order chi connectivity index (χ1) is 4.31. The van der Waals surface area contributed by atoms with E-state index in [-0.39, 0.29) is 19.6 Å². The highest BCUT2D eigenvalue weighted by molar-refractivity contribution is 6.18. The number of aliphatic hydroxyl groups is 1. The molecule has 0 amide bonds. The first kappa shape index (κ1) is 8.72. The van der Waals surface area contributed by atoms with Gasteiger partial charge >= 0.3 is 5.97 Å². The number of hydrogen-bond donors (Lipinski definition) is 1. The van der Waals surface area contributed by atoms with Crippen LogP contribution in [0.5, 0.6) is 0 Å². The van der Waals surface area contributed by atoms with Crippen molar-refractivity contribution >= 4 is 17.6 Å². The lowest BCUT2D eigenvalue weighted by molar-refractivity contribution is -0.143. The Kier molecular flexibility index (Phi) is 5.67. The highest BCUT2D eigenvalue weighted by atomic mass is 35.5. The van der Waals surface area contributed by atoms with Gasteiger partial charge in [-0.3, -0.25) is 4.79 Å². The highest BCUT2D eigenvalue weighted by Gasteiger charge is 1.98. The van der Waals surface area contributed by atoms with Crippen LogP contribution in [0.3, 0.4) is 0 Å². The normalized spacial score (nSPS) is 9.11. The molecule has 0 fully saturated rings. The predicted molar refractivity (Wildman–Crippen MR) is 33.4 cm³/mol. The van der Waals surface area contributed by atoms with Crippen LogP contribution >= 0.6 is 11.6 Å². The molecule has 0 aromatic carbocycles. The molecule has 0 aromatic heterocycles. The smallest absolute Gasteiger partial charge is 0.308 e. The summed E-state index contributed by atoms with van der Waals surface area (Å²) in [5.74, 6) is -0.102. The molecular weight excluding hydrogens is 144 g/mol. The van der Waals surface area contributed by atoms with Crippen molar-refractivity contribution < 1.29 is 14.6 Å². The van der Waals surface area contributed by atoms with Gasteiger partial charge in [0, 0.05) is 0 Å². The molecule has 0 spiro atoms. The molecule has 3 nitrogen and oxygen atoms in total. The van der Waals surface area contributed by atoms with Crippen LogP contribution in [-0.2, 0) is 9.53 Å². The van der Waals surface area contributed by atoms with Crippen LogP contribution in [0.4, 0.5) is 0 Å². The molecule has 0 saturated carbocycles. The van der Waals surface area contributed by atoms with E-state index >= 15 is 0 Å². The maximum absolute atomic E-state index is 10.4. The fraction of sp³-hybridized carbons (Fsp3) is 0.800. The molecular formula is C5H9ClO3. The fourth-order valence-corrected chi connectivity index (χ4v) is 0.393. The maximum Gasteiger partial charge on any atom is 0.308 e. The molecule has 54 valence electrons. The third-order valence-corrected chi connectivity index (χ3v) is 0.810. The number of halogens is 1. The second kappa shape index (κ2) is 5.85. The van der Waals surface area contributed by atoms with Crippen LogP contribution in [0.25, 0.3) is 0 Å². The average Bonchev–Trinajstić information content (AvgIpc) is 1.85. The van der Waals surface area contributed by atoms with E-state index in [2.05, 4.69) is 4.74 Å². The van der Waals surface area contributed by atoms with E-state index in [1.165, 1.54) is 0 Å². The van der Waals surface area contributed by atoms with Crippen molar-refractivity contribution in [2.45, 2.75) is 6.42 Å². The summed E-state index contributed by atoms with van der Waals surface area (Å²) in [5.41, 5.74) is 0. The molecule has 0 heterocycles. The van der Waals surface area contributed by atoms with Gasteiger partial charge in [-0.15, -0.1) is 11.6 Å². The molecule has 0 aliphatic carbocycles. The number of carbonyl (C=O) groups is 1. The fourth-order valence-electron chi connectivity index (χ4n) is 0.316. The van der Waals surface area contributed by atoms with Crippen LogP contribution in [0, 0.1) is 0 Å². The summed E-state index contributed by atoms with van der Waals surface area (Å²) in [6.45, 7) is 0.0571. The number of carbonyl (C=O) groups excluding carboxylic acids is 1. The molecule has 0 aromatic rings. The lowest BCUT2D eigenvalue weighted by Crippen LogP contribution is -2.07. The summed E-state index contributed by atoms with van der Waals surface area (Å²) >= 11 is 5.21. The van der Waals surface area contributed by atoms with Crippen molar-refractivity contribution in [3.63, 3.8) is 0 Å². The SMILES string of the molecule is O=C(CCO)OCCCl. The van der Waals surface area contributed by atoms with Gasteiger partial charge in [0.05, 0.1) is 18.9 Å². The molecule has 0 bridgehead atoms. The lowest BCUT2D eigenvalue weighted by Gasteiger charge is -1.98. The van der Waals surface area contributed by atoms with E-state index in [4.69, 9.17) is 16.7 Å². The second-order valence-corrected chi connectivity index (χ2v) is 1.76. The van der Waals surface area contributed by atoms with Gasteiger partial charge in [0.25, 0.3) is 0 Å². The lowest BCUT2D eigenvalue weighted by atomic mass is 10.5. The summed E-state index contributed by atoms with van der Waals surface area (Å²) in [6.07, 6.45) is 0.0525. The summed E-state index contributed by atoms with van der Waals surface area (Å²) in [7, 11) is 0. The zero-order valence-electron chi connectivity index (χ0n) is 4.97. The van der Waals surface area contributed by atoms with Crippen molar-refractivity contribution in [1.82, 2.24) is 0 Å². The summed E-state index contributed by atoms with van der Waals surface area (Å²) in [4.78, 5) is 10.4. The third-order valence-electron chi connectivity index (χ3n) is 0.656. The average molecular weight is 153 g/mol. The Morgan fingerprint density at radius 1 is 1.67 bits per heavy atom. The Morgan fingerprint density at radius 2 is 2.33 bits per heavy atom. The number of aliphatic hydroxyl groups excluding tert-OH is 1. The van der Waals surface area contributed by atoms with Crippen LogP contribution < -0.4 is 0 Å². The largest absolute Gasteiger partial charge is 0.464 e. The quantitative estimate of drug-likeness (QED) is 0.461. The number of esters is 1. The molecule has 4 heteroatoms. The van der Waals surface area contributed by atoms with Gasteiger partial charge in [-0.2, -0.15) is 0 Å². The Morgan fingerprint density at radius 3 is 2.78 bits per heavy atom. The molecule has 0 aliphatic rings. The standard InChI is InChI=1S/C5H9ClO3/c6-2-4-9-5(8)1-3-7/h7H,1-4H2. The van der Waals surface area contributed by atoms with Gasteiger partial charge in [0.15, 0.2) is 0 Å². The molecule has 0 saturated heterocycles. The second-order valence-electron chi connectivity index (χ2n) is 1.38. The van der Waals surface area contributed by atoms with Crippen LogP contribution in [0.15, 0.2) is 0 Å². The van der Waals surface area contributed by atoms with Crippen LogP contribution in [0.2, 0.25) is 0 Å². The van der Waals surface area contributed by atoms with E-state index < -0.39 is 5.97 Å². The zero-order chi connectivity index (χ0) is 7.11. The summed E-state index contributed by atoms with van der Waals surface area (Å²) in [5, 5.41) is 8.20. The molecule has 0 unspecified atom stereocenters. The number of hydrogen-bond acceptors (Lipinski definition) is 3. The predicted octanol–water partition coefficient (Wildman–Crippen LogP) is 0.151. The van der Waals surface area contributed by atoms with E-state index in [9.17, 15) is 4.79 Å². The van der Waals surface area contributed by atoms with Gasteiger partial charge in [-0.25, -0.2) is 0 Å². The maximum atomic E-state index is 10.4. The molecule has 1 N–H and O–H groups in total. The van der Waals surface area contributed by atoms with Gasteiger partial charge in [-0.05, 0) is 0 Å². The Hall–Kier alpha value is -0.280. The van der Waals surface area contributed by atoms with Crippen LogP contribution in [0.1, 0.15) is 6.42 Å². The minimum Gasteiger partial charge on any atom is -0.464 e. The minimum atomic E-state index is -0.404.